The first-order valence-electron chi connectivity index (χ1n) is 8.61. The van der Waals surface area contributed by atoms with Gasteiger partial charge in [0.15, 0.2) is 5.82 Å². The lowest BCUT2D eigenvalue weighted by Crippen LogP contribution is -2.40. The van der Waals surface area contributed by atoms with Gasteiger partial charge in [-0.15, -0.1) is 0 Å². The molecule has 1 amide bonds. The average molecular weight is 356 g/mol. The number of methoxy groups -OCH3 is 2. The van der Waals surface area contributed by atoms with E-state index in [1.807, 2.05) is 36.2 Å². The maximum absolute atomic E-state index is 12.6. The van der Waals surface area contributed by atoms with E-state index in [-0.39, 0.29) is 11.9 Å². The number of carbonyl (C=O) groups is 1. The molecule has 1 aromatic heterocycles. The maximum atomic E-state index is 12.6. The van der Waals surface area contributed by atoms with Gasteiger partial charge in [0, 0.05) is 32.5 Å². The van der Waals surface area contributed by atoms with Gasteiger partial charge in [0.1, 0.15) is 5.75 Å². The monoisotopic (exact) mass is 356 g/mol. The molecular weight excluding hydrogens is 332 g/mol. The van der Waals surface area contributed by atoms with E-state index < -0.39 is 0 Å². The summed E-state index contributed by atoms with van der Waals surface area (Å²) in [4.78, 5) is 25.2. The Bertz CT molecular complexity index is 751. The summed E-state index contributed by atoms with van der Waals surface area (Å²) in [5, 5.41) is 0. The fourth-order valence-electron chi connectivity index (χ4n) is 3.18. The summed E-state index contributed by atoms with van der Waals surface area (Å²) in [5.74, 6) is 2.14. The Hall–Kier alpha value is -2.83. The number of anilines is 1. The van der Waals surface area contributed by atoms with Crippen LogP contribution >= 0.6 is 0 Å². The summed E-state index contributed by atoms with van der Waals surface area (Å²) in [7, 11) is 5.09. The average Bonchev–Trinajstić information content (AvgIpc) is 3.17. The molecule has 0 spiro atoms. The second kappa shape index (κ2) is 8.03. The van der Waals surface area contributed by atoms with Crippen molar-refractivity contribution in [2.24, 2.45) is 0 Å². The van der Waals surface area contributed by atoms with Gasteiger partial charge in [-0.25, -0.2) is 9.97 Å². The molecule has 0 radical (unpaired) electrons. The summed E-state index contributed by atoms with van der Waals surface area (Å²) in [5.41, 5.74) is 0.980. The number of aromatic nitrogens is 2. The number of benzene rings is 1. The van der Waals surface area contributed by atoms with Crippen LogP contribution in [-0.2, 0) is 11.2 Å². The van der Waals surface area contributed by atoms with Crippen LogP contribution in [0.3, 0.4) is 0 Å². The van der Waals surface area contributed by atoms with Gasteiger partial charge in [0.2, 0.25) is 5.91 Å². The molecule has 3 rings (SSSR count). The van der Waals surface area contributed by atoms with Crippen LogP contribution in [0.4, 0.5) is 5.82 Å². The van der Waals surface area contributed by atoms with Gasteiger partial charge < -0.3 is 19.3 Å². The van der Waals surface area contributed by atoms with Gasteiger partial charge in [-0.05, 0) is 24.1 Å². The van der Waals surface area contributed by atoms with Crippen molar-refractivity contribution in [3.63, 3.8) is 0 Å². The normalized spacial score (nSPS) is 16.4. The summed E-state index contributed by atoms with van der Waals surface area (Å²) in [6.07, 6.45) is 4.54. The van der Waals surface area contributed by atoms with Crippen molar-refractivity contribution in [2.75, 3.05) is 39.3 Å². The molecule has 1 aliphatic heterocycles. The number of carbonyl (C=O) groups excluding carboxylic acids is 1. The molecule has 0 aliphatic carbocycles. The predicted molar refractivity (Wildman–Crippen MR) is 98.7 cm³/mol. The van der Waals surface area contributed by atoms with Gasteiger partial charge in [-0.2, -0.15) is 0 Å². The highest BCUT2D eigenvalue weighted by molar-refractivity contribution is 5.79. The van der Waals surface area contributed by atoms with Crippen LogP contribution < -0.4 is 14.4 Å². The molecule has 1 atom stereocenters. The number of rotatable bonds is 6. The third-order valence-corrected chi connectivity index (χ3v) is 4.76. The molecular formula is C19H24N4O3. The van der Waals surface area contributed by atoms with E-state index in [1.54, 1.807) is 26.6 Å². The summed E-state index contributed by atoms with van der Waals surface area (Å²) in [6, 6.07) is 7.75. The Morgan fingerprint density at radius 1 is 1.19 bits per heavy atom. The molecule has 1 fully saturated rings. The predicted octanol–water partition coefficient (Wildman–Crippen LogP) is 1.77. The van der Waals surface area contributed by atoms with Crippen molar-refractivity contribution >= 4 is 11.7 Å². The van der Waals surface area contributed by atoms with Gasteiger partial charge in [0.25, 0.3) is 5.88 Å². The fraction of sp³-hybridized carbons (Fsp3) is 0.421. The topological polar surface area (TPSA) is 67.8 Å². The number of likely N-dealkylation sites (N-methyl/N-ethyl adjacent to an activating group) is 1. The van der Waals surface area contributed by atoms with Crippen molar-refractivity contribution in [2.45, 2.75) is 18.9 Å². The van der Waals surface area contributed by atoms with Gasteiger partial charge in [-0.3, -0.25) is 4.79 Å². The van der Waals surface area contributed by atoms with Crippen LogP contribution in [0.15, 0.2) is 36.7 Å². The van der Waals surface area contributed by atoms with Crippen LogP contribution in [0.1, 0.15) is 12.0 Å². The minimum Gasteiger partial charge on any atom is -0.497 e. The first kappa shape index (κ1) is 18.0. The second-order valence-electron chi connectivity index (χ2n) is 6.31. The highest BCUT2D eigenvalue weighted by Crippen LogP contribution is 2.27. The second-order valence-corrected chi connectivity index (χ2v) is 6.31. The van der Waals surface area contributed by atoms with Crippen molar-refractivity contribution in [3.8, 4) is 11.6 Å². The maximum Gasteiger partial charge on any atom is 0.257 e. The van der Waals surface area contributed by atoms with Crippen LogP contribution in [-0.4, -0.2) is 61.2 Å². The lowest BCUT2D eigenvalue weighted by atomic mass is 10.1. The Balaban J connectivity index is 1.61. The summed E-state index contributed by atoms with van der Waals surface area (Å²) < 4.78 is 10.4. The molecule has 0 saturated carbocycles. The molecule has 0 unspecified atom stereocenters. The van der Waals surface area contributed by atoms with Crippen LogP contribution in [0.5, 0.6) is 11.6 Å². The molecule has 0 bridgehead atoms. The van der Waals surface area contributed by atoms with E-state index in [9.17, 15) is 4.79 Å². The summed E-state index contributed by atoms with van der Waals surface area (Å²) in [6.45, 7) is 1.54. The van der Waals surface area contributed by atoms with Crippen LogP contribution in [0.2, 0.25) is 0 Å². The van der Waals surface area contributed by atoms with Crippen molar-refractivity contribution in [1.29, 1.82) is 0 Å². The van der Waals surface area contributed by atoms with E-state index >= 15 is 0 Å². The zero-order valence-corrected chi connectivity index (χ0v) is 15.4. The van der Waals surface area contributed by atoms with Gasteiger partial charge in [-0.1, -0.05) is 12.1 Å². The minimum absolute atomic E-state index is 0.105. The highest BCUT2D eigenvalue weighted by atomic mass is 16.5. The van der Waals surface area contributed by atoms with E-state index in [4.69, 9.17) is 9.47 Å². The largest absolute Gasteiger partial charge is 0.497 e. The molecule has 0 N–H and O–H groups in total. The molecule has 1 saturated heterocycles. The van der Waals surface area contributed by atoms with Gasteiger partial charge >= 0.3 is 0 Å². The molecule has 1 aliphatic rings. The Labute approximate surface area is 153 Å². The highest BCUT2D eigenvalue weighted by Gasteiger charge is 2.30. The van der Waals surface area contributed by atoms with E-state index in [1.165, 1.54) is 0 Å². The minimum atomic E-state index is 0.105. The number of hydrogen-bond donors (Lipinski definition) is 0. The number of ether oxygens (including phenoxy) is 2. The number of amides is 1. The Morgan fingerprint density at radius 2 is 1.92 bits per heavy atom. The van der Waals surface area contributed by atoms with Crippen LogP contribution in [0.25, 0.3) is 0 Å². The molecule has 7 nitrogen and oxygen atoms in total. The number of nitrogens with zero attached hydrogens (tertiary/aromatic N) is 4. The third kappa shape index (κ3) is 3.87. The lowest BCUT2D eigenvalue weighted by molar-refractivity contribution is -0.130. The van der Waals surface area contributed by atoms with Gasteiger partial charge in [0.05, 0.1) is 26.7 Å². The zero-order valence-electron chi connectivity index (χ0n) is 15.4. The van der Waals surface area contributed by atoms with Crippen molar-refractivity contribution in [3.05, 3.63) is 42.2 Å². The molecule has 2 heterocycles. The molecule has 7 heteroatoms. The van der Waals surface area contributed by atoms with E-state index in [2.05, 4.69) is 14.9 Å². The molecule has 138 valence electrons. The number of hydrogen-bond acceptors (Lipinski definition) is 6. The third-order valence-electron chi connectivity index (χ3n) is 4.76. The first-order chi connectivity index (χ1) is 12.6. The standard InChI is InChI=1S/C19H24N4O3/c1-22(17(24)12-14-4-6-16(25-2)7-5-14)15-8-11-23(13-15)18-19(26-3)21-10-9-20-18/h4-7,9-10,15H,8,11-13H2,1-3H3/t15-/m1/s1. The fourth-order valence-corrected chi connectivity index (χ4v) is 3.18. The van der Waals surface area contributed by atoms with Crippen LogP contribution in [0, 0.1) is 0 Å². The quantitative estimate of drug-likeness (QED) is 0.786. The summed E-state index contributed by atoms with van der Waals surface area (Å²) >= 11 is 0. The smallest absolute Gasteiger partial charge is 0.257 e. The van der Waals surface area contributed by atoms with E-state index in [0.29, 0.717) is 12.3 Å². The van der Waals surface area contributed by atoms with Crippen molar-refractivity contribution in [1.82, 2.24) is 14.9 Å². The van der Waals surface area contributed by atoms with Crippen molar-refractivity contribution < 1.29 is 14.3 Å². The SMILES string of the molecule is COc1ccc(CC(=O)N(C)[C@@H]2CCN(c3nccnc3OC)C2)cc1. The Morgan fingerprint density at radius 3 is 2.62 bits per heavy atom. The molecule has 1 aromatic carbocycles. The molecule has 26 heavy (non-hydrogen) atoms. The lowest BCUT2D eigenvalue weighted by Gasteiger charge is -2.25. The van der Waals surface area contributed by atoms with E-state index in [0.717, 1.165) is 36.6 Å². The Kier molecular flexibility index (Phi) is 5.55. The zero-order chi connectivity index (χ0) is 18.5. The molecule has 2 aromatic rings. The first-order valence-corrected chi connectivity index (χ1v) is 8.61.